The van der Waals surface area contributed by atoms with E-state index >= 15 is 0 Å². The smallest absolute Gasteiger partial charge is 0.266 e. The maximum Gasteiger partial charge on any atom is 0.266 e. The molecule has 7 nitrogen and oxygen atoms in total. The predicted octanol–water partition coefficient (Wildman–Crippen LogP) is 4.98. The van der Waals surface area contributed by atoms with Crippen LogP contribution in [0.5, 0.6) is 23.0 Å². The van der Waals surface area contributed by atoms with Crippen LogP contribution in [0.1, 0.15) is 11.1 Å². The van der Waals surface area contributed by atoms with Gasteiger partial charge in [0.1, 0.15) is 35.6 Å². The van der Waals surface area contributed by atoms with E-state index in [9.17, 15) is 14.4 Å². The first kappa shape index (κ1) is 24.1. The number of rotatable bonds is 9. The Morgan fingerprint density at radius 3 is 2.38 bits per heavy atom. The Balaban J connectivity index is 1.79. The molecule has 0 saturated heterocycles. The molecule has 0 bridgehead atoms. The van der Waals surface area contributed by atoms with Gasteiger partial charge in [-0.05, 0) is 54.1 Å². The van der Waals surface area contributed by atoms with E-state index in [0.29, 0.717) is 28.6 Å². The molecule has 34 heavy (non-hydrogen) atoms. The number of carbonyl (C=O) groups is 1. The van der Waals surface area contributed by atoms with Crippen LogP contribution in [-0.2, 0) is 11.4 Å². The van der Waals surface area contributed by atoms with Gasteiger partial charge < -0.3 is 24.3 Å². The molecule has 0 unspecified atom stereocenters. The van der Waals surface area contributed by atoms with E-state index in [-0.39, 0.29) is 17.9 Å². The molecule has 1 amide bonds. The van der Waals surface area contributed by atoms with Crippen LogP contribution in [0.3, 0.4) is 0 Å². The van der Waals surface area contributed by atoms with Gasteiger partial charge in [0, 0.05) is 5.56 Å². The number of carbonyl (C=O) groups excluding carboxylic acids is 1. The Morgan fingerprint density at radius 2 is 1.71 bits per heavy atom. The number of ether oxygens (including phenoxy) is 4. The number of nitrogens with one attached hydrogen (secondary N) is 1. The maximum absolute atomic E-state index is 13.8. The average Bonchev–Trinajstić information content (AvgIpc) is 2.87. The fourth-order valence-corrected chi connectivity index (χ4v) is 3.11. The zero-order valence-electron chi connectivity index (χ0n) is 18.9. The van der Waals surface area contributed by atoms with E-state index in [1.54, 1.807) is 50.6 Å². The number of hydrogen-bond donors (Lipinski definition) is 1. The Labute approximate surface area is 196 Å². The van der Waals surface area contributed by atoms with E-state index < -0.39 is 11.7 Å². The van der Waals surface area contributed by atoms with Crippen molar-refractivity contribution >= 4 is 17.7 Å². The third kappa shape index (κ3) is 5.84. The van der Waals surface area contributed by atoms with E-state index in [1.165, 1.54) is 31.4 Å². The van der Waals surface area contributed by atoms with E-state index in [4.69, 9.17) is 18.9 Å². The summed E-state index contributed by atoms with van der Waals surface area (Å²) in [5.41, 5.74) is 1.11. The molecule has 3 aromatic rings. The lowest BCUT2D eigenvalue weighted by Crippen LogP contribution is -2.14. The summed E-state index contributed by atoms with van der Waals surface area (Å²) < 4.78 is 35.8. The molecular formula is C26H23FN2O5. The van der Waals surface area contributed by atoms with Gasteiger partial charge in [0.2, 0.25) is 0 Å². The molecule has 174 valence electrons. The van der Waals surface area contributed by atoms with Crippen LogP contribution in [0.25, 0.3) is 6.08 Å². The molecule has 0 fully saturated rings. The molecule has 3 rings (SSSR count). The molecule has 0 spiro atoms. The molecule has 1 N–H and O–H groups in total. The van der Waals surface area contributed by atoms with Crippen molar-refractivity contribution < 1.29 is 28.1 Å². The Morgan fingerprint density at radius 1 is 0.971 bits per heavy atom. The van der Waals surface area contributed by atoms with E-state index in [0.717, 1.165) is 5.56 Å². The van der Waals surface area contributed by atoms with E-state index in [1.807, 2.05) is 12.1 Å². The predicted molar refractivity (Wildman–Crippen MR) is 125 cm³/mol. The number of hydrogen-bond acceptors (Lipinski definition) is 6. The third-order valence-electron chi connectivity index (χ3n) is 4.86. The Hall–Kier alpha value is -4.51. The summed E-state index contributed by atoms with van der Waals surface area (Å²) in [4.78, 5) is 12.4. The highest BCUT2D eigenvalue weighted by atomic mass is 19.1. The highest BCUT2D eigenvalue weighted by Crippen LogP contribution is 2.31. The molecule has 0 atom stereocenters. The summed E-state index contributed by atoms with van der Waals surface area (Å²) in [5, 5.41) is 11.8. The van der Waals surface area contributed by atoms with E-state index in [2.05, 4.69) is 5.32 Å². The number of nitrogens with zero attached hydrogens (tertiary/aromatic N) is 1. The lowest BCUT2D eigenvalue weighted by Gasteiger charge is -2.14. The molecule has 0 aliphatic heterocycles. The second-order valence-corrected chi connectivity index (χ2v) is 6.98. The molecule has 0 radical (unpaired) electrons. The van der Waals surface area contributed by atoms with Gasteiger partial charge in [-0.1, -0.05) is 18.2 Å². The van der Waals surface area contributed by atoms with Gasteiger partial charge in [-0.25, -0.2) is 4.39 Å². The van der Waals surface area contributed by atoms with Crippen LogP contribution in [-0.4, -0.2) is 27.2 Å². The number of amides is 1. The van der Waals surface area contributed by atoms with Gasteiger partial charge in [0.05, 0.1) is 27.0 Å². The summed E-state index contributed by atoms with van der Waals surface area (Å²) >= 11 is 0. The maximum atomic E-state index is 13.8. The fourth-order valence-electron chi connectivity index (χ4n) is 3.11. The van der Waals surface area contributed by atoms with Crippen molar-refractivity contribution in [3.8, 4) is 29.1 Å². The first-order chi connectivity index (χ1) is 16.5. The SMILES string of the molecule is COc1ccc(OC)c(COc2ccc(/C=C(\C#N)C(=O)Nc3ccccc3F)cc2OC)c1. The third-order valence-corrected chi connectivity index (χ3v) is 4.86. The molecular weight excluding hydrogens is 439 g/mol. The molecule has 0 saturated carbocycles. The molecule has 0 aromatic heterocycles. The number of halogens is 1. The quantitative estimate of drug-likeness (QED) is 0.357. The van der Waals surface area contributed by atoms with Crippen molar-refractivity contribution in [1.29, 1.82) is 5.26 Å². The molecule has 0 aliphatic carbocycles. The zero-order valence-corrected chi connectivity index (χ0v) is 18.9. The zero-order chi connectivity index (χ0) is 24.5. The summed E-state index contributed by atoms with van der Waals surface area (Å²) in [5.74, 6) is 0.866. The average molecular weight is 462 g/mol. The highest BCUT2D eigenvalue weighted by Gasteiger charge is 2.14. The van der Waals surface area contributed by atoms with Gasteiger partial charge >= 0.3 is 0 Å². The number of methoxy groups -OCH3 is 3. The van der Waals surface area contributed by atoms with Crippen molar-refractivity contribution in [2.45, 2.75) is 6.61 Å². The summed E-state index contributed by atoms with van der Waals surface area (Å²) in [6.07, 6.45) is 1.38. The highest BCUT2D eigenvalue weighted by molar-refractivity contribution is 6.09. The van der Waals surface area contributed by atoms with Crippen molar-refractivity contribution in [2.75, 3.05) is 26.6 Å². The van der Waals surface area contributed by atoms with Crippen LogP contribution in [0, 0.1) is 17.1 Å². The summed E-state index contributed by atoms with van der Waals surface area (Å²) in [7, 11) is 4.63. The summed E-state index contributed by atoms with van der Waals surface area (Å²) in [6, 6.07) is 17.9. The second kappa shape index (κ2) is 11.4. The van der Waals surface area contributed by atoms with Crippen LogP contribution >= 0.6 is 0 Å². The van der Waals surface area contributed by atoms with Crippen LogP contribution in [0.15, 0.2) is 66.2 Å². The number of anilines is 1. The Kier molecular flexibility index (Phi) is 8.08. The van der Waals surface area contributed by atoms with Gasteiger partial charge in [-0.2, -0.15) is 5.26 Å². The van der Waals surface area contributed by atoms with Gasteiger partial charge in [0.25, 0.3) is 5.91 Å². The molecule has 3 aromatic carbocycles. The minimum Gasteiger partial charge on any atom is -0.497 e. The normalized spacial score (nSPS) is 10.7. The van der Waals surface area contributed by atoms with Gasteiger partial charge in [0.15, 0.2) is 11.5 Å². The minimum absolute atomic E-state index is 0.0112. The molecule has 0 heterocycles. The first-order valence-corrected chi connectivity index (χ1v) is 10.2. The topological polar surface area (TPSA) is 89.8 Å². The Bertz CT molecular complexity index is 1250. The van der Waals surface area contributed by atoms with Crippen LogP contribution in [0.2, 0.25) is 0 Å². The van der Waals surface area contributed by atoms with Crippen LogP contribution < -0.4 is 24.3 Å². The number of benzene rings is 3. The molecule has 0 aliphatic rings. The number of nitriles is 1. The van der Waals surface area contributed by atoms with Gasteiger partial charge in [-0.15, -0.1) is 0 Å². The second-order valence-electron chi connectivity index (χ2n) is 6.98. The molecule has 8 heteroatoms. The van der Waals surface area contributed by atoms with Crippen molar-refractivity contribution in [2.24, 2.45) is 0 Å². The largest absolute Gasteiger partial charge is 0.497 e. The standard InChI is InChI=1S/C26H23FN2O5/c1-31-20-9-11-23(32-2)19(14-20)16-34-24-10-8-17(13-25(24)33-3)12-18(15-28)26(30)29-22-7-5-4-6-21(22)27/h4-14H,16H2,1-3H3,(H,29,30)/b18-12+. The fraction of sp³-hybridized carbons (Fsp3) is 0.154. The van der Waals surface area contributed by atoms with Crippen molar-refractivity contribution in [1.82, 2.24) is 0 Å². The van der Waals surface area contributed by atoms with Crippen LogP contribution in [0.4, 0.5) is 10.1 Å². The van der Waals surface area contributed by atoms with Gasteiger partial charge in [-0.3, -0.25) is 4.79 Å². The van der Waals surface area contributed by atoms with Crippen molar-refractivity contribution in [3.63, 3.8) is 0 Å². The summed E-state index contributed by atoms with van der Waals surface area (Å²) in [6.45, 7) is 0.195. The number of para-hydroxylation sites is 1. The minimum atomic E-state index is -0.725. The van der Waals surface area contributed by atoms with Crippen molar-refractivity contribution in [3.05, 3.63) is 83.2 Å². The lowest BCUT2D eigenvalue weighted by atomic mass is 10.1. The monoisotopic (exact) mass is 462 g/mol. The first-order valence-electron chi connectivity index (χ1n) is 10.2. The lowest BCUT2D eigenvalue weighted by molar-refractivity contribution is -0.112.